The van der Waals surface area contributed by atoms with E-state index in [9.17, 15) is 9.59 Å². The van der Waals surface area contributed by atoms with Gasteiger partial charge in [0.15, 0.2) is 0 Å². The third kappa shape index (κ3) is 4.44. The lowest BCUT2D eigenvalue weighted by Crippen LogP contribution is -2.48. The summed E-state index contributed by atoms with van der Waals surface area (Å²) in [6.45, 7) is 5.25. The van der Waals surface area contributed by atoms with Crippen LogP contribution in [0.4, 0.5) is 5.95 Å². The highest BCUT2D eigenvalue weighted by molar-refractivity contribution is 5.76. The summed E-state index contributed by atoms with van der Waals surface area (Å²) in [6, 6.07) is 1.89. The number of hydrogen-bond donors (Lipinski definition) is 2. The molecule has 1 aliphatic heterocycles. The Morgan fingerprint density at radius 1 is 1.35 bits per heavy atom. The first kappa shape index (κ1) is 18.0. The number of anilines is 1. The molecule has 1 saturated heterocycles. The first-order chi connectivity index (χ1) is 12.5. The lowest BCUT2D eigenvalue weighted by Gasteiger charge is -2.33. The first-order valence-electron chi connectivity index (χ1n) is 8.90. The zero-order valence-corrected chi connectivity index (χ0v) is 15.2. The molecule has 0 bridgehead atoms. The van der Waals surface area contributed by atoms with Crippen LogP contribution < -0.4 is 15.9 Å². The number of amides is 1. The highest BCUT2D eigenvalue weighted by atomic mass is 16.1. The Morgan fingerprint density at radius 3 is 2.85 bits per heavy atom. The van der Waals surface area contributed by atoms with Crippen LogP contribution in [0.5, 0.6) is 0 Å². The van der Waals surface area contributed by atoms with E-state index in [1.165, 1.54) is 0 Å². The number of nitrogens with one attached hydrogen (secondary N) is 2. The van der Waals surface area contributed by atoms with E-state index in [4.69, 9.17) is 0 Å². The van der Waals surface area contributed by atoms with E-state index < -0.39 is 0 Å². The third-order valence-electron chi connectivity index (χ3n) is 4.68. The lowest BCUT2D eigenvalue weighted by molar-refractivity contribution is -0.121. The van der Waals surface area contributed by atoms with Crippen molar-refractivity contribution in [1.29, 1.82) is 0 Å². The standard InChI is InChI=1S/C18H24N6O2/c1-12-15(13(2)22-18(26)21-12)6-7-16(25)23-14-5-3-10-24(11-14)17-19-8-4-9-20-17/h4,8-9,14H,3,5-7,10-11H2,1-2H3,(H,23,25)(H,21,22,26)/t14-/m1/s1. The number of aromatic amines is 1. The summed E-state index contributed by atoms with van der Waals surface area (Å²) in [4.78, 5) is 41.0. The zero-order chi connectivity index (χ0) is 18.5. The van der Waals surface area contributed by atoms with Crippen molar-refractivity contribution in [2.24, 2.45) is 0 Å². The quantitative estimate of drug-likeness (QED) is 0.825. The minimum atomic E-state index is -0.348. The maximum atomic E-state index is 12.4. The number of carbonyl (C=O) groups is 1. The Balaban J connectivity index is 1.54. The maximum Gasteiger partial charge on any atom is 0.345 e. The van der Waals surface area contributed by atoms with Crippen LogP contribution in [-0.4, -0.2) is 45.0 Å². The van der Waals surface area contributed by atoms with Gasteiger partial charge in [0.25, 0.3) is 0 Å². The van der Waals surface area contributed by atoms with Crippen LogP contribution >= 0.6 is 0 Å². The Labute approximate surface area is 152 Å². The molecule has 0 aromatic carbocycles. The maximum absolute atomic E-state index is 12.4. The molecule has 3 heterocycles. The molecule has 1 amide bonds. The normalized spacial score (nSPS) is 17.2. The van der Waals surface area contributed by atoms with Crippen molar-refractivity contribution in [3.8, 4) is 0 Å². The predicted octanol–water partition coefficient (Wildman–Crippen LogP) is 0.895. The van der Waals surface area contributed by atoms with Gasteiger partial charge in [-0.15, -0.1) is 0 Å². The van der Waals surface area contributed by atoms with Crippen LogP contribution in [0.25, 0.3) is 0 Å². The van der Waals surface area contributed by atoms with Crippen LogP contribution in [0.1, 0.15) is 36.2 Å². The predicted molar refractivity (Wildman–Crippen MR) is 98.1 cm³/mol. The van der Waals surface area contributed by atoms with Crippen LogP contribution in [0, 0.1) is 13.8 Å². The summed E-state index contributed by atoms with van der Waals surface area (Å²) in [7, 11) is 0. The molecule has 0 aliphatic carbocycles. The Bertz CT molecular complexity index is 794. The highest BCUT2D eigenvalue weighted by Crippen LogP contribution is 2.16. The van der Waals surface area contributed by atoms with Gasteiger partial charge in [0.1, 0.15) is 0 Å². The van der Waals surface area contributed by atoms with Crippen molar-refractivity contribution >= 4 is 11.9 Å². The molecule has 3 rings (SSSR count). The Morgan fingerprint density at radius 2 is 2.12 bits per heavy atom. The molecular formula is C18H24N6O2. The van der Waals surface area contributed by atoms with Gasteiger partial charge in [0.05, 0.1) is 0 Å². The van der Waals surface area contributed by atoms with Crippen molar-refractivity contribution in [2.45, 2.75) is 45.6 Å². The SMILES string of the molecule is Cc1nc(=O)[nH]c(C)c1CCC(=O)N[C@@H]1CCCN(c2ncccn2)C1. The van der Waals surface area contributed by atoms with Crippen LogP contribution in [0.15, 0.2) is 23.3 Å². The van der Waals surface area contributed by atoms with Crippen molar-refractivity contribution in [3.63, 3.8) is 0 Å². The fourth-order valence-electron chi connectivity index (χ4n) is 3.39. The number of aromatic nitrogens is 4. The summed E-state index contributed by atoms with van der Waals surface area (Å²) in [5, 5.41) is 3.11. The van der Waals surface area contributed by atoms with Crippen LogP contribution in [0.2, 0.25) is 0 Å². The average Bonchev–Trinajstić information content (AvgIpc) is 2.62. The number of rotatable bonds is 5. The topological polar surface area (TPSA) is 104 Å². The van der Waals surface area contributed by atoms with Gasteiger partial charge in [-0.25, -0.2) is 14.8 Å². The molecule has 0 unspecified atom stereocenters. The summed E-state index contributed by atoms with van der Waals surface area (Å²) in [5.74, 6) is 0.716. The molecule has 2 aromatic heterocycles. The molecule has 1 atom stereocenters. The minimum Gasteiger partial charge on any atom is -0.352 e. The molecule has 26 heavy (non-hydrogen) atoms. The zero-order valence-electron chi connectivity index (χ0n) is 15.2. The molecule has 0 spiro atoms. The van der Waals surface area contributed by atoms with E-state index in [1.807, 2.05) is 6.92 Å². The fourth-order valence-corrected chi connectivity index (χ4v) is 3.39. The second-order valence-electron chi connectivity index (χ2n) is 6.63. The largest absolute Gasteiger partial charge is 0.352 e. The number of carbonyl (C=O) groups excluding carboxylic acids is 1. The van der Waals surface area contributed by atoms with Gasteiger partial charge in [-0.05, 0) is 44.7 Å². The van der Waals surface area contributed by atoms with E-state index in [0.29, 0.717) is 31.0 Å². The van der Waals surface area contributed by atoms with Gasteiger partial charge in [0, 0.05) is 49.3 Å². The molecule has 0 radical (unpaired) electrons. The van der Waals surface area contributed by atoms with Crippen LogP contribution in [0.3, 0.4) is 0 Å². The molecule has 0 saturated carbocycles. The number of H-pyrrole nitrogens is 1. The van der Waals surface area contributed by atoms with E-state index >= 15 is 0 Å². The Kier molecular flexibility index (Phi) is 5.60. The third-order valence-corrected chi connectivity index (χ3v) is 4.68. The summed E-state index contributed by atoms with van der Waals surface area (Å²) < 4.78 is 0. The summed E-state index contributed by atoms with van der Waals surface area (Å²) in [5.41, 5.74) is 2.05. The van der Waals surface area contributed by atoms with Gasteiger partial charge in [0.2, 0.25) is 11.9 Å². The lowest BCUT2D eigenvalue weighted by atomic mass is 10.0. The Hall–Kier alpha value is -2.77. The number of aryl methyl sites for hydroxylation is 2. The van der Waals surface area contributed by atoms with Gasteiger partial charge in [-0.3, -0.25) is 4.79 Å². The molecule has 2 aromatic rings. The van der Waals surface area contributed by atoms with Crippen LogP contribution in [-0.2, 0) is 11.2 Å². The van der Waals surface area contributed by atoms with Crippen molar-refractivity contribution in [1.82, 2.24) is 25.3 Å². The molecule has 8 nitrogen and oxygen atoms in total. The van der Waals surface area contributed by atoms with Crippen molar-refractivity contribution in [2.75, 3.05) is 18.0 Å². The second-order valence-corrected chi connectivity index (χ2v) is 6.63. The first-order valence-corrected chi connectivity index (χ1v) is 8.90. The molecule has 2 N–H and O–H groups in total. The summed E-state index contributed by atoms with van der Waals surface area (Å²) >= 11 is 0. The number of nitrogens with zero attached hydrogens (tertiary/aromatic N) is 4. The molecular weight excluding hydrogens is 332 g/mol. The summed E-state index contributed by atoms with van der Waals surface area (Å²) in [6.07, 6.45) is 6.33. The number of piperidine rings is 1. The van der Waals surface area contributed by atoms with E-state index in [2.05, 4.69) is 30.2 Å². The monoisotopic (exact) mass is 356 g/mol. The van der Waals surface area contributed by atoms with Crippen molar-refractivity contribution in [3.05, 3.63) is 45.9 Å². The fraction of sp³-hybridized carbons (Fsp3) is 0.500. The van der Waals surface area contributed by atoms with Crippen molar-refractivity contribution < 1.29 is 4.79 Å². The molecule has 138 valence electrons. The van der Waals surface area contributed by atoms with Gasteiger partial charge < -0.3 is 15.2 Å². The smallest absolute Gasteiger partial charge is 0.345 e. The van der Waals surface area contributed by atoms with Gasteiger partial charge >= 0.3 is 5.69 Å². The average molecular weight is 356 g/mol. The highest BCUT2D eigenvalue weighted by Gasteiger charge is 2.23. The molecule has 8 heteroatoms. The molecule has 1 aliphatic rings. The minimum absolute atomic E-state index is 0.0100. The second kappa shape index (κ2) is 8.07. The van der Waals surface area contributed by atoms with E-state index in [0.717, 1.165) is 30.6 Å². The van der Waals surface area contributed by atoms with E-state index in [-0.39, 0.29) is 17.6 Å². The van der Waals surface area contributed by atoms with Gasteiger partial charge in [-0.2, -0.15) is 4.98 Å². The van der Waals surface area contributed by atoms with Gasteiger partial charge in [-0.1, -0.05) is 0 Å². The number of hydrogen-bond acceptors (Lipinski definition) is 6. The van der Waals surface area contributed by atoms with E-state index in [1.54, 1.807) is 25.4 Å². The molecule has 1 fully saturated rings.